The Kier molecular flexibility index (Phi) is 4.77. The molecule has 2 rings (SSSR count). The van der Waals surface area contributed by atoms with E-state index in [-0.39, 0.29) is 0 Å². The highest BCUT2D eigenvalue weighted by Gasteiger charge is 2.35. The van der Waals surface area contributed by atoms with Crippen molar-refractivity contribution in [2.75, 3.05) is 4.98 Å². The summed E-state index contributed by atoms with van der Waals surface area (Å²) in [6, 6.07) is 10.7. The number of hydrogen-bond acceptors (Lipinski definition) is 1. The molecule has 0 atom stereocenters. The van der Waals surface area contributed by atoms with E-state index in [2.05, 4.69) is 82.2 Å². The van der Waals surface area contributed by atoms with Gasteiger partial charge in [-0.05, 0) is 54.3 Å². The highest BCUT2D eigenvalue weighted by molar-refractivity contribution is 6.88. The first-order valence-electron chi connectivity index (χ1n) is 8.10. The van der Waals surface area contributed by atoms with E-state index in [0.717, 1.165) is 6.42 Å². The molecule has 0 aliphatic heterocycles. The number of hydrogen-bond donors (Lipinski definition) is 1. The summed E-state index contributed by atoms with van der Waals surface area (Å²) in [5.41, 5.74) is 4.48. The Balaban J connectivity index is 2.39. The highest BCUT2D eigenvalue weighted by atomic mass is 28.3. The van der Waals surface area contributed by atoms with Crippen LogP contribution in [0.4, 0.5) is 5.69 Å². The summed E-state index contributed by atoms with van der Waals surface area (Å²) in [6.07, 6.45) is 3.62. The number of allylic oxidation sites excluding steroid dienone is 4. The molecule has 1 nitrogen and oxygen atoms in total. The Morgan fingerprint density at radius 2 is 1.57 bits per heavy atom. The summed E-state index contributed by atoms with van der Waals surface area (Å²) in [5, 5.41) is 1.66. The van der Waals surface area contributed by atoms with Gasteiger partial charge in [-0.25, -0.2) is 0 Å². The average molecular weight is 300 g/mol. The minimum Gasteiger partial charge on any atom is -0.407 e. The molecule has 114 valence electrons. The Morgan fingerprint density at radius 3 is 2.10 bits per heavy atom. The topological polar surface area (TPSA) is 12.0 Å². The van der Waals surface area contributed by atoms with Crippen LogP contribution in [-0.4, -0.2) is 8.24 Å². The maximum atomic E-state index is 3.87. The second-order valence-electron chi connectivity index (χ2n) is 7.19. The van der Waals surface area contributed by atoms with Crippen molar-refractivity contribution in [1.82, 2.24) is 0 Å². The lowest BCUT2D eigenvalue weighted by molar-refractivity contribution is 0.746. The molecule has 1 aliphatic carbocycles. The molecule has 1 aromatic carbocycles. The normalized spacial score (nSPS) is 15.9. The minimum absolute atomic E-state index is 0.612. The second-order valence-corrected chi connectivity index (χ2v) is 11.2. The van der Waals surface area contributed by atoms with Gasteiger partial charge in [0.05, 0.1) is 0 Å². The van der Waals surface area contributed by atoms with Crippen molar-refractivity contribution in [2.24, 2.45) is 11.8 Å². The zero-order valence-electron chi connectivity index (χ0n) is 14.3. The van der Waals surface area contributed by atoms with Gasteiger partial charge in [-0.1, -0.05) is 57.5 Å². The fourth-order valence-corrected chi connectivity index (χ4v) is 6.68. The summed E-state index contributed by atoms with van der Waals surface area (Å²) >= 11 is 0. The predicted octanol–water partition coefficient (Wildman–Crippen LogP) is 5.78. The van der Waals surface area contributed by atoms with Gasteiger partial charge in [0.1, 0.15) is 0 Å². The second kappa shape index (κ2) is 6.23. The molecular weight excluding hydrogens is 270 g/mol. The van der Waals surface area contributed by atoms with E-state index in [1.807, 2.05) is 0 Å². The molecule has 21 heavy (non-hydrogen) atoms. The van der Waals surface area contributed by atoms with Gasteiger partial charge >= 0.3 is 0 Å². The third-order valence-corrected chi connectivity index (χ3v) is 7.10. The van der Waals surface area contributed by atoms with Crippen molar-refractivity contribution >= 4 is 13.9 Å². The van der Waals surface area contributed by atoms with Crippen molar-refractivity contribution in [3.63, 3.8) is 0 Å². The lowest BCUT2D eigenvalue weighted by atomic mass is 10.0. The average Bonchev–Trinajstić information content (AvgIpc) is 2.85. The van der Waals surface area contributed by atoms with Crippen LogP contribution in [0.1, 0.15) is 34.1 Å². The molecule has 0 fully saturated rings. The Bertz CT molecular complexity index is 550. The summed E-state index contributed by atoms with van der Waals surface area (Å²) < 4.78 is 0. The molecule has 0 amide bonds. The SMILES string of the molecule is CC(C)C1=CCC(C(C)C)=C1[Si](C)(C)Nc1ccccc1. The van der Waals surface area contributed by atoms with Crippen LogP contribution in [0.15, 0.2) is 52.8 Å². The molecule has 2 heteroatoms. The highest BCUT2D eigenvalue weighted by Crippen LogP contribution is 2.40. The van der Waals surface area contributed by atoms with Crippen molar-refractivity contribution in [1.29, 1.82) is 0 Å². The lowest BCUT2D eigenvalue weighted by Gasteiger charge is -2.32. The molecular formula is C19H29NSi. The first kappa shape index (κ1) is 16.1. The Morgan fingerprint density at radius 1 is 0.952 bits per heavy atom. The van der Waals surface area contributed by atoms with E-state index >= 15 is 0 Å². The van der Waals surface area contributed by atoms with Crippen molar-refractivity contribution in [2.45, 2.75) is 47.2 Å². The first-order valence-corrected chi connectivity index (χ1v) is 11.1. The van der Waals surface area contributed by atoms with Crippen LogP contribution >= 0.6 is 0 Å². The Hall–Kier alpha value is -1.28. The van der Waals surface area contributed by atoms with Gasteiger partial charge in [0.15, 0.2) is 8.24 Å². The van der Waals surface area contributed by atoms with Crippen LogP contribution in [-0.2, 0) is 0 Å². The molecule has 0 unspecified atom stereocenters. The summed E-state index contributed by atoms with van der Waals surface area (Å²) in [6.45, 7) is 14.2. The molecule has 0 saturated heterocycles. The number of nitrogens with one attached hydrogen (secondary N) is 1. The molecule has 0 spiro atoms. The molecule has 0 aromatic heterocycles. The molecule has 0 radical (unpaired) electrons. The smallest absolute Gasteiger partial charge is 0.179 e. The predicted molar refractivity (Wildman–Crippen MR) is 96.9 cm³/mol. The maximum absolute atomic E-state index is 3.87. The van der Waals surface area contributed by atoms with Gasteiger partial charge in [-0.2, -0.15) is 0 Å². The number of benzene rings is 1. The zero-order chi connectivity index (χ0) is 15.6. The van der Waals surface area contributed by atoms with Crippen LogP contribution in [0.5, 0.6) is 0 Å². The third kappa shape index (κ3) is 3.49. The molecule has 0 heterocycles. The van der Waals surface area contributed by atoms with E-state index in [4.69, 9.17) is 0 Å². The minimum atomic E-state index is -1.70. The lowest BCUT2D eigenvalue weighted by Crippen LogP contribution is -2.41. The van der Waals surface area contributed by atoms with Crippen molar-refractivity contribution in [3.8, 4) is 0 Å². The number of para-hydroxylation sites is 1. The Labute approximate surface area is 131 Å². The fraction of sp³-hybridized carbons (Fsp3) is 0.474. The molecule has 1 N–H and O–H groups in total. The molecule has 0 saturated carbocycles. The van der Waals surface area contributed by atoms with Gasteiger partial charge in [-0.15, -0.1) is 0 Å². The van der Waals surface area contributed by atoms with Crippen molar-refractivity contribution in [3.05, 3.63) is 52.8 Å². The molecule has 1 aromatic rings. The van der Waals surface area contributed by atoms with E-state index < -0.39 is 8.24 Å². The number of anilines is 1. The van der Waals surface area contributed by atoms with Gasteiger partial charge in [0.25, 0.3) is 0 Å². The van der Waals surface area contributed by atoms with Gasteiger partial charge in [-0.3, -0.25) is 0 Å². The van der Waals surface area contributed by atoms with E-state index in [1.165, 1.54) is 5.69 Å². The third-order valence-electron chi connectivity index (χ3n) is 4.33. The van der Waals surface area contributed by atoms with E-state index in [1.54, 1.807) is 16.3 Å². The van der Waals surface area contributed by atoms with Gasteiger partial charge < -0.3 is 4.98 Å². The zero-order valence-corrected chi connectivity index (χ0v) is 15.3. The monoisotopic (exact) mass is 299 g/mol. The quantitative estimate of drug-likeness (QED) is 0.679. The molecule has 0 bridgehead atoms. The summed E-state index contributed by atoms with van der Waals surface area (Å²) in [5.74, 6) is 1.25. The van der Waals surface area contributed by atoms with Crippen LogP contribution in [0.3, 0.4) is 0 Å². The fourth-order valence-electron chi connectivity index (χ4n) is 3.37. The van der Waals surface area contributed by atoms with Crippen LogP contribution < -0.4 is 4.98 Å². The maximum Gasteiger partial charge on any atom is 0.179 e. The van der Waals surface area contributed by atoms with Crippen LogP contribution in [0, 0.1) is 11.8 Å². The number of rotatable bonds is 5. The van der Waals surface area contributed by atoms with Crippen LogP contribution in [0.2, 0.25) is 13.1 Å². The van der Waals surface area contributed by atoms with Crippen LogP contribution in [0.25, 0.3) is 0 Å². The van der Waals surface area contributed by atoms with E-state index in [0.29, 0.717) is 11.8 Å². The van der Waals surface area contributed by atoms with E-state index in [9.17, 15) is 0 Å². The summed E-state index contributed by atoms with van der Waals surface area (Å²) in [4.78, 5) is 3.87. The van der Waals surface area contributed by atoms with Gasteiger partial charge in [0.2, 0.25) is 0 Å². The summed E-state index contributed by atoms with van der Waals surface area (Å²) in [7, 11) is -1.70. The first-order chi connectivity index (χ1) is 9.83. The molecule has 1 aliphatic rings. The standard InChI is InChI=1S/C19H29NSi/c1-14(2)17-12-13-18(15(3)4)19(17)21(5,6)20-16-10-8-7-9-11-16/h7-12,14-15,20H,13H2,1-6H3. The van der Waals surface area contributed by atoms with Crippen molar-refractivity contribution < 1.29 is 0 Å². The van der Waals surface area contributed by atoms with Gasteiger partial charge in [0, 0.05) is 5.69 Å². The largest absolute Gasteiger partial charge is 0.407 e.